The van der Waals surface area contributed by atoms with Crippen molar-refractivity contribution < 1.29 is 9.59 Å². The fourth-order valence-corrected chi connectivity index (χ4v) is 2.15. The van der Waals surface area contributed by atoms with Gasteiger partial charge in [-0.25, -0.2) is 0 Å². The lowest BCUT2D eigenvalue weighted by molar-refractivity contribution is -0.112. The minimum absolute atomic E-state index is 0.0610. The number of aromatic nitrogens is 1. The minimum Gasteiger partial charge on any atom is -0.348 e. The Balaban J connectivity index is 2.06. The van der Waals surface area contributed by atoms with Crippen LogP contribution in [0.15, 0.2) is 60.4 Å². The minimum atomic E-state index is -0.206. The molecule has 2 N–H and O–H groups in total. The highest BCUT2D eigenvalue weighted by Gasteiger charge is 2.14. The van der Waals surface area contributed by atoms with Crippen molar-refractivity contribution >= 4 is 17.5 Å². The molecule has 2 amide bonds. The van der Waals surface area contributed by atoms with Crippen molar-refractivity contribution in [1.29, 1.82) is 0 Å². The van der Waals surface area contributed by atoms with Crippen LogP contribution in [0.5, 0.6) is 0 Å². The summed E-state index contributed by atoms with van der Waals surface area (Å²) in [5.41, 5.74) is 2.95. The molecule has 0 bridgehead atoms. The molecule has 5 nitrogen and oxygen atoms in total. The van der Waals surface area contributed by atoms with Gasteiger partial charge in [-0.3, -0.25) is 14.6 Å². The highest BCUT2D eigenvalue weighted by atomic mass is 16.2. The standard InChI is InChI=1S/C21H25N3O2/c1-15(21(2,3)4)12-19(25)24-18-10-6-5-8-16(18)14-23-20(26)17-9-7-11-22-13-17/h5-13H,14H2,1-4H3,(H,23,26)(H,24,25)/b15-12+. The third-order valence-electron chi connectivity index (χ3n) is 4.17. The molecule has 0 unspecified atom stereocenters. The predicted molar refractivity (Wildman–Crippen MR) is 104 cm³/mol. The predicted octanol–water partition coefficient (Wildman–Crippen LogP) is 3.94. The van der Waals surface area contributed by atoms with Crippen LogP contribution in [-0.4, -0.2) is 16.8 Å². The number of carbonyl (C=O) groups excluding carboxylic acids is 2. The molecule has 0 spiro atoms. The molecule has 0 saturated heterocycles. The third kappa shape index (κ3) is 5.55. The number of rotatable bonds is 5. The zero-order valence-electron chi connectivity index (χ0n) is 15.7. The molecule has 0 radical (unpaired) electrons. The lowest BCUT2D eigenvalue weighted by Crippen LogP contribution is -2.24. The van der Waals surface area contributed by atoms with Crippen LogP contribution < -0.4 is 10.6 Å². The molecule has 1 heterocycles. The van der Waals surface area contributed by atoms with Crippen LogP contribution in [0, 0.1) is 5.41 Å². The van der Waals surface area contributed by atoms with E-state index in [1.807, 2.05) is 31.2 Å². The van der Waals surface area contributed by atoms with Crippen LogP contribution in [-0.2, 0) is 11.3 Å². The first-order valence-corrected chi connectivity index (χ1v) is 8.53. The molecule has 0 fully saturated rings. The average Bonchev–Trinajstić information content (AvgIpc) is 2.60. The summed E-state index contributed by atoms with van der Waals surface area (Å²) >= 11 is 0. The van der Waals surface area contributed by atoms with Gasteiger partial charge in [0.2, 0.25) is 5.91 Å². The largest absolute Gasteiger partial charge is 0.348 e. The number of nitrogens with one attached hydrogen (secondary N) is 2. The van der Waals surface area contributed by atoms with Gasteiger partial charge in [-0.15, -0.1) is 0 Å². The summed E-state index contributed by atoms with van der Waals surface area (Å²) in [7, 11) is 0. The van der Waals surface area contributed by atoms with Gasteiger partial charge >= 0.3 is 0 Å². The molecule has 0 aliphatic carbocycles. The summed E-state index contributed by atoms with van der Waals surface area (Å²) in [5, 5.41) is 5.75. The summed E-state index contributed by atoms with van der Waals surface area (Å²) in [5.74, 6) is -0.383. The lowest BCUT2D eigenvalue weighted by atomic mass is 9.87. The second-order valence-corrected chi connectivity index (χ2v) is 7.15. The highest BCUT2D eigenvalue weighted by Crippen LogP contribution is 2.24. The van der Waals surface area contributed by atoms with Crippen molar-refractivity contribution in [3.63, 3.8) is 0 Å². The monoisotopic (exact) mass is 351 g/mol. The number of pyridine rings is 1. The van der Waals surface area contributed by atoms with Gasteiger partial charge in [-0.05, 0) is 36.1 Å². The van der Waals surface area contributed by atoms with Crippen molar-refractivity contribution in [2.75, 3.05) is 5.32 Å². The number of hydrogen-bond acceptors (Lipinski definition) is 3. The van der Waals surface area contributed by atoms with E-state index >= 15 is 0 Å². The number of amides is 2. The van der Waals surface area contributed by atoms with E-state index in [2.05, 4.69) is 36.4 Å². The van der Waals surface area contributed by atoms with Gasteiger partial charge in [0.25, 0.3) is 5.91 Å². The molecule has 0 aliphatic rings. The first kappa shape index (κ1) is 19.4. The maximum Gasteiger partial charge on any atom is 0.253 e. The number of anilines is 1. The van der Waals surface area contributed by atoms with Crippen LogP contribution in [0.1, 0.15) is 43.6 Å². The molecule has 5 heteroatoms. The van der Waals surface area contributed by atoms with Crippen LogP contribution >= 0.6 is 0 Å². The summed E-state index contributed by atoms with van der Waals surface area (Å²) < 4.78 is 0. The molecule has 1 aromatic carbocycles. The van der Waals surface area contributed by atoms with Crippen molar-refractivity contribution in [3.05, 3.63) is 71.6 Å². The number of allylic oxidation sites excluding steroid dienone is 1. The van der Waals surface area contributed by atoms with E-state index in [4.69, 9.17) is 0 Å². The van der Waals surface area contributed by atoms with E-state index in [-0.39, 0.29) is 17.2 Å². The van der Waals surface area contributed by atoms with E-state index in [1.165, 1.54) is 6.20 Å². The van der Waals surface area contributed by atoms with Gasteiger partial charge in [0, 0.05) is 30.7 Å². The van der Waals surface area contributed by atoms with E-state index in [0.29, 0.717) is 17.8 Å². The van der Waals surface area contributed by atoms with Gasteiger partial charge < -0.3 is 10.6 Å². The zero-order valence-corrected chi connectivity index (χ0v) is 15.7. The van der Waals surface area contributed by atoms with Gasteiger partial charge in [0.1, 0.15) is 0 Å². The SMILES string of the molecule is C/C(=C\C(=O)Nc1ccccc1CNC(=O)c1cccnc1)C(C)(C)C. The van der Waals surface area contributed by atoms with E-state index in [0.717, 1.165) is 11.1 Å². The normalized spacial score (nSPS) is 11.8. The number of para-hydroxylation sites is 1. The van der Waals surface area contributed by atoms with E-state index < -0.39 is 0 Å². The Morgan fingerprint density at radius 1 is 1.12 bits per heavy atom. The maximum atomic E-state index is 12.3. The summed E-state index contributed by atoms with van der Waals surface area (Å²) in [6.07, 6.45) is 4.75. The molecule has 26 heavy (non-hydrogen) atoms. The molecule has 2 aromatic rings. The van der Waals surface area contributed by atoms with Crippen LogP contribution in [0.3, 0.4) is 0 Å². The summed E-state index contributed by atoms with van der Waals surface area (Å²) in [6.45, 7) is 8.45. The second-order valence-electron chi connectivity index (χ2n) is 7.15. The van der Waals surface area contributed by atoms with Gasteiger partial charge in [0.05, 0.1) is 5.56 Å². The molecular weight excluding hydrogens is 326 g/mol. The molecular formula is C21H25N3O2. The molecule has 0 aliphatic heterocycles. The molecule has 0 saturated carbocycles. The van der Waals surface area contributed by atoms with E-state index in [9.17, 15) is 9.59 Å². The van der Waals surface area contributed by atoms with E-state index in [1.54, 1.807) is 24.4 Å². The Labute approximate surface area is 154 Å². The number of carbonyl (C=O) groups is 2. The number of hydrogen-bond donors (Lipinski definition) is 2. The second kappa shape index (κ2) is 8.43. The summed E-state index contributed by atoms with van der Waals surface area (Å²) in [6, 6.07) is 10.8. The lowest BCUT2D eigenvalue weighted by Gasteiger charge is -2.19. The first-order valence-electron chi connectivity index (χ1n) is 8.53. The molecule has 136 valence electrons. The average molecular weight is 351 g/mol. The number of nitrogens with zero attached hydrogens (tertiary/aromatic N) is 1. The quantitative estimate of drug-likeness (QED) is 0.802. The smallest absolute Gasteiger partial charge is 0.253 e. The maximum absolute atomic E-state index is 12.3. The Morgan fingerprint density at radius 2 is 1.85 bits per heavy atom. The third-order valence-corrected chi connectivity index (χ3v) is 4.17. The Morgan fingerprint density at radius 3 is 2.50 bits per heavy atom. The first-order chi connectivity index (χ1) is 12.3. The molecule has 2 rings (SSSR count). The Bertz CT molecular complexity index is 806. The van der Waals surface area contributed by atoms with Crippen molar-refractivity contribution in [2.45, 2.75) is 34.2 Å². The Hall–Kier alpha value is -2.95. The van der Waals surface area contributed by atoms with Crippen molar-refractivity contribution in [2.24, 2.45) is 5.41 Å². The summed E-state index contributed by atoms with van der Waals surface area (Å²) in [4.78, 5) is 28.4. The molecule has 0 atom stereocenters. The fraction of sp³-hybridized carbons (Fsp3) is 0.286. The highest BCUT2D eigenvalue weighted by molar-refractivity contribution is 6.00. The number of benzene rings is 1. The van der Waals surface area contributed by atoms with Crippen LogP contribution in [0.2, 0.25) is 0 Å². The van der Waals surface area contributed by atoms with Crippen molar-refractivity contribution in [3.8, 4) is 0 Å². The van der Waals surface area contributed by atoms with Gasteiger partial charge in [0.15, 0.2) is 0 Å². The Kier molecular flexibility index (Phi) is 6.28. The van der Waals surface area contributed by atoms with Crippen molar-refractivity contribution in [1.82, 2.24) is 10.3 Å². The van der Waals surface area contributed by atoms with Gasteiger partial charge in [-0.2, -0.15) is 0 Å². The topological polar surface area (TPSA) is 71.1 Å². The zero-order chi connectivity index (χ0) is 19.2. The fourth-order valence-electron chi connectivity index (χ4n) is 2.15. The van der Waals surface area contributed by atoms with Crippen LogP contribution in [0.4, 0.5) is 5.69 Å². The molecule has 1 aromatic heterocycles. The van der Waals surface area contributed by atoms with Crippen LogP contribution in [0.25, 0.3) is 0 Å². The van der Waals surface area contributed by atoms with Gasteiger partial charge in [-0.1, -0.05) is 44.5 Å².